The first-order chi connectivity index (χ1) is 29.7. The molecule has 3 nitrogen and oxygen atoms in total. The molecule has 0 spiro atoms. The lowest BCUT2D eigenvalue weighted by molar-refractivity contribution is 0.478. The van der Waals surface area contributed by atoms with E-state index in [2.05, 4.69) is 211 Å². The van der Waals surface area contributed by atoms with Crippen molar-refractivity contribution >= 4 is 21.5 Å². The van der Waals surface area contributed by atoms with Crippen molar-refractivity contribution in [3.63, 3.8) is 0 Å². The lowest BCUT2D eigenvalue weighted by Crippen LogP contribution is -2.11. The average molecular weight is 835 g/mol. The summed E-state index contributed by atoms with van der Waals surface area (Å²) in [4.78, 5) is 0. The van der Waals surface area contributed by atoms with Gasteiger partial charge in [-0.15, -0.1) is 0 Å². The van der Waals surface area contributed by atoms with Gasteiger partial charge in [0.2, 0.25) is 0 Å². The van der Waals surface area contributed by atoms with E-state index in [1.54, 1.807) is 0 Å². The molecule has 0 amide bonds. The van der Waals surface area contributed by atoms with Crippen LogP contribution in [0.2, 0.25) is 0 Å². The van der Waals surface area contributed by atoms with E-state index in [0.717, 1.165) is 45.4 Å². The number of aryl methyl sites for hydroxylation is 4. The SMILES string of the molecule is Cc1ccc(C(C)(C)C)cc1Oc1ccc(C)c2ccccc12.Cc1ccc(Oc2ccc3cccc(C(C)(C)C)c3c2)cc1.Cc1ccc(Oc2cccc(C(C)(C)C)c2)cc1. The van der Waals surface area contributed by atoms with Crippen LogP contribution in [0.4, 0.5) is 0 Å². The third-order valence-electron chi connectivity index (χ3n) is 11.3. The van der Waals surface area contributed by atoms with E-state index in [4.69, 9.17) is 14.2 Å². The molecule has 0 fully saturated rings. The second-order valence-corrected chi connectivity index (χ2v) is 19.8. The molecule has 0 bridgehead atoms. The summed E-state index contributed by atoms with van der Waals surface area (Å²) in [5.41, 5.74) is 9.19. The van der Waals surface area contributed by atoms with E-state index in [0.29, 0.717) is 0 Å². The lowest BCUT2D eigenvalue weighted by atomic mass is 9.84. The highest BCUT2D eigenvalue weighted by Gasteiger charge is 2.18. The molecule has 3 heteroatoms. The first-order valence-corrected chi connectivity index (χ1v) is 22.1. The summed E-state index contributed by atoms with van der Waals surface area (Å²) in [7, 11) is 0. The van der Waals surface area contributed by atoms with Gasteiger partial charge in [-0.3, -0.25) is 0 Å². The van der Waals surface area contributed by atoms with Crippen molar-refractivity contribution in [1.82, 2.24) is 0 Å². The third kappa shape index (κ3) is 12.4. The Bertz CT molecular complexity index is 2770. The lowest BCUT2D eigenvalue weighted by Gasteiger charge is -2.21. The molecule has 8 aromatic carbocycles. The largest absolute Gasteiger partial charge is 0.457 e. The Hall–Kier alpha value is -6.32. The zero-order valence-electron chi connectivity index (χ0n) is 39.8. The van der Waals surface area contributed by atoms with Gasteiger partial charge in [-0.25, -0.2) is 0 Å². The molecule has 0 unspecified atom stereocenters. The molecular weight excluding hydrogens is 769 g/mol. The van der Waals surface area contributed by atoms with Crippen LogP contribution in [-0.4, -0.2) is 0 Å². The predicted octanol–water partition coefficient (Wildman–Crippen LogP) is 17.9. The standard InChI is InChI=1S/C22H24O.C21H22O.C17H20O/c1-15-11-13-20(19-9-7-6-8-18(15)19)23-21-14-17(22(3,4)5)12-10-16(21)2;1-15-8-11-17(12-9-15)22-18-13-10-16-6-5-7-20(19(16)14-18)21(2,3)4;1-13-8-10-15(11-9-13)18-16-7-5-6-14(12-16)17(2,3)4/h6-14H,1-5H3;5-14H,1-4H3;5-12H,1-4H3. The van der Waals surface area contributed by atoms with Gasteiger partial charge in [0.05, 0.1) is 0 Å². The average Bonchev–Trinajstić information content (AvgIpc) is 3.24. The van der Waals surface area contributed by atoms with Crippen molar-refractivity contribution in [2.24, 2.45) is 0 Å². The smallest absolute Gasteiger partial charge is 0.135 e. The number of benzene rings is 8. The van der Waals surface area contributed by atoms with Crippen molar-refractivity contribution in [3.05, 3.63) is 203 Å². The maximum Gasteiger partial charge on any atom is 0.135 e. The molecule has 0 aliphatic rings. The molecule has 0 saturated heterocycles. The van der Waals surface area contributed by atoms with Gasteiger partial charge in [-0.05, 0) is 149 Å². The van der Waals surface area contributed by atoms with Gasteiger partial charge in [0.15, 0.2) is 0 Å². The van der Waals surface area contributed by atoms with Crippen LogP contribution in [0.25, 0.3) is 21.5 Å². The Labute approximate surface area is 377 Å². The molecule has 8 aromatic rings. The van der Waals surface area contributed by atoms with Gasteiger partial charge in [0.1, 0.15) is 34.5 Å². The highest BCUT2D eigenvalue weighted by atomic mass is 16.5. The monoisotopic (exact) mass is 835 g/mol. The second kappa shape index (κ2) is 19.4. The fourth-order valence-corrected chi connectivity index (χ4v) is 7.29. The van der Waals surface area contributed by atoms with Crippen molar-refractivity contribution in [2.75, 3.05) is 0 Å². The Balaban J connectivity index is 0.000000159. The van der Waals surface area contributed by atoms with E-state index in [1.165, 1.54) is 49.5 Å². The fraction of sp³-hybridized carbons (Fsp3) is 0.267. The summed E-state index contributed by atoms with van der Waals surface area (Å²) in [5.74, 6) is 5.39. The van der Waals surface area contributed by atoms with Gasteiger partial charge < -0.3 is 14.2 Å². The van der Waals surface area contributed by atoms with Gasteiger partial charge >= 0.3 is 0 Å². The number of hydrogen-bond acceptors (Lipinski definition) is 3. The van der Waals surface area contributed by atoms with Crippen LogP contribution in [0.15, 0.2) is 164 Å². The van der Waals surface area contributed by atoms with Gasteiger partial charge in [-0.1, -0.05) is 177 Å². The van der Waals surface area contributed by atoms with E-state index in [9.17, 15) is 0 Å². The van der Waals surface area contributed by atoms with E-state index < -0.39 is 0 Å². The molecule has 8 rings (SSSR count). The molecule has 0 N–H and O–H groups in total. The molecule has 0 aliphatic carbocycles. The number of ether oxygens (including phenoxy) is 3. The predicted molar refractivity (Wildman–Crippen MR) is 269 cm³/mol. The molecule has 0 atom stereocenters. The number of rotatable bonds is 6. The Kier molecular flexibility index (Phi) is 14.2. The molecule has 0 aromatic heterocycles. The maximum absolute atomic E-state index is 6.31. The number of hydrogen-bond donors (Lipinski definition) is 0. The van der Waals surface area contributed by atoms with Crippen LogP contribution in [-0.2, 0) is 16.2 Å². The van der Waals surface area contributed by atoms with Crippen molar-refractivity contribution in [2.45, 2.75) is 106 Å². The summed E-state index contributed by atoms with van der Waals surface area (Å²) in [6.45, 7) is 28.4. The molecule has 0 heterocycles. The first kappa shape index (κ1) is 46.2. The molecule has 0 aliphatic heterocycles. The molecule has 63 heavy (non-hydrogen) atoms. The van der Waals surface area contributed by atoms with E-state index in [1.807, 2.05) is 42.5 Å². The van der Waals surface area contributed by atoms with Crippen molar-refractivity contribution in [3.8, 4) is 34.5 Å². The molecule has 0 radical (unpaired) electrons. The zero-order valence-corrected chi connectivity index (χ0v) is 39.8. The number of fused-ring (bicyclic) bond motifs is 2. The van der Waals surface area contributed by atoms with Crippen LogP contribution in [0, 0.1) is 27.7 Å². The zero-order chi connectivity index (χ0) is 45.5. The third-order valence-corrected chi connectivity index (χ3v) is 11.3. The second-order valence-electron chi connectivity index (χ2n) is 19.8. The van der Waals surface area contributed by atoms with Crippen molar-refractivity contribution < 1.29 is 14.2 Å². The first-order valence-electron chi connectivity index (χ1n) is 22.1. The minimum absolute atomic E-state index is 0.112. The van der Waals surface area contributed by atoms with Crippen LogP contribution >= 0.6 is 0 Å². The molecular formula is C60H66O3. The molecule has 0 saturated carbocycles. The maximum atomic E-state index is 6.31. The minimum atomic E-state index is 0.112. The fourth-order valence-electron chi connectivity index (χ4n) is 7.29. The Morgan fingerprint density at radius 1 is 0.317 bits per heavy atom. The highest BCUT2D eigenvalue weighted by Crippen LogP contribution is 2.37. The summed E-state index contributed by atoms with van der Waals surface area (Å²) in [6, 6.07) is 56.5. The van der Waals surface area contributed by atoms with Crippen LogP contribution in [0.1, 0.15) is 101 Å². The minimum Gasteiger partial charge on any atom is -0.457 e. The van der Waals surface area contributed by atoms with Gasteiger partial charge in [0.25, 0.3) is 0 Å². The molecule has 324 valence electrons. The normalized spacial score (nSPS) is 11.6. The summed E-state index contributed by atoms with van der Waals surface area (Å²) in [6.07, 6.45) is 0. The van der Waals surface area contributed by atoms with Crippen LogP contribution in [0.3, 0.4) is 0 Å². The quantitative estimate of drug-likeness (QED) is 0.167. The van der Waals surface area contributed by atoms with Crippen molar-refractivity contribution in [1.29, 1.82) is 0 Å². The van der Waals surface area contributed by atoms with E-state index in [-0.39, 0.29) is 16.2 Å². The topological polar surface area (TPSA) is 27.7 Å². The van der Waals surface area contributed by atoms with E-state index >= 15 is 0 Å². The van der Waals surface area contributed by atoms with Gasteiger partial charge in [0, 0.05) is 5.39 Å². The summed E-state index contributed by atoms with van der Waals surface area (Å²) < 4.78 is 18.2. The summed E-state index contributed by atoms with van der Waals surface area (Å²) >= 11 is 0. The Morgan fingerprint density at radius 3 is 1.43 bits per heavy atom. The Morgan fingerprint density at radius 2 is 0.841 bits per heavy atom. The van der Waals surface area contributed by atoms with Gasteiger partial charge in [-0.2, -0.15) is 0 Å². The van der Waals surface area contributed by atoms with Crippen LogP contribution < -0.4 is 14.2 Å². The summed E-state index contributed by atoms with van der Waals surface area (Å²) in [5, 5.41) is 4.92. The van der Waals surface area contributed by atoms with Crippen LogP contribution in [0.5, 0.6) is 34.5 Å². The highest BCUT2D eigenvalue weighted by molar-refractivity contribution is 5.91.